The first kappa shape index (κ1) is 16.3. The van der Waals surface area contributed by atoms with Gasteiger partial charge in [-0.1, -0.05) is 48.0 Å². The maximum atomic E-state index is 10.6. The maximum absolute atomic E-state index is 10.6. The smallest absolute Gasteiger partial charge is 0.303 e. The van der Waals surface area contributed by atoms with E-state index in [9.17, 15) is 4.79 Å². The highest BCUT2D eigenvalue weighted by Crippen LogP contribution is 2.29. The molecule has 2 rings (SSSR count). The summed E-state index contributed by atoms with van der Waals surface area (Å²) in [6, 6.07) is 14.8. The molecule has 0 aliphatic carbocycles. The number of nitrogens with two attached hydrogens (primary N) is 1. The Bertz CT molecular complexity index is 631. The molecule has 0 aliphatic heterocycles. The number of hydrogen-bond donors (Lipinski definition) is 2. The minimum atomic E-state index is -0.857. The molecule has 0 radical (unpaired) electrons. The van der Waals surface area contributed by atoms with E-state index in [1.165, 1.54) is 0 Å². The molecular formula is C17H18ClNO3. The Labute approximate surface area is 134 Å². The van der Waals surface area contributed by atoms with Crippen molar-refractivity contribution in [2.24, 2.45) is 5.73 Å². The zero-order valence-corrected chi connectivity index (χ0v) is 12.8. The van der Waals surface area contributed by atoms with Gasteiger partial charge in [-0.15, -0.1) is 0 Å². The van der Waals surface area contributed by atoms with Crippen molar-refractivity contribution in [1.29, 1.82) is 0 Å². The molecule has 0 aliphatic rings. The summed E-state index contributed by atoms with van der Waals surface area (Å²) in [5, 5.41) is 9.16. The van der Waals surface area contributed by atoms with Crippen LogP contribution in [0.5, 0.6) is 5.75 Å². The van der Waals surface area contributed by atoms with E-state index in [-0.39, 0.29) is 12.5 Å². The molecule has 0 aromatic heterocycles. The Balaban J connectivity index is 1.98. The number of benzene rings is 2. The lowest BCUT2D eigenvalue weighted by atomic mass is 10.0. The first-order valence-corrected chi connectivity index (χ1v) is 7.37. The second-order valence-corrected chi connectivity index (χ2v) is 5.41. The fourth-order valence-electron chi connectivity index (χ4n) is 2.05. The van der Waals surface area contributed by atoms with Gasteiger partial charge in [0, 0.05) is 12.5 Å². The van der Waals surface area contributed by atoms with Gasteiger partial charge in [-0.3, -0.25) is 4.79 Å². The van der Waals surface area contributed by atoms with E-state index in [0.29, 0.717) is 23.8 Å². The van der Waals surface area contributed by atoms with E-state index in [1.807, 2.05) is 36.4 Å². The molecule has 0 spiro atoms. The highest BCUT2D eigenvalue weighted by atomic mass is 35.5. The van der Waals surface area contributed by atoms with Crippen molar-refractivity contribution in [3.05, 3.63) is 64.7 Å². The Morgan fingerprint density at radius 1 is 1.23 bits per heavy atom. The minimum absolute atomic E-state index is 0.0328. The van der Waals surface area contributed by atoms with Crippen molar-refractivity contribution >= 4 is 17.6 Å². The van der Waals surface area contributed by atoms with Crippen LogP contribution in [0.15, 0.2) is 48.5 Å². The van der Waals surface area contributed by atoms with Gasteiger partial charge in [0.05, 0.1) is 5.02 Å². The van der Waals surface area contributed by atoms with Crippen molar-refractivity contribution in [2.45, 2.75) is 25.5 Å². The first-order valence-electron chi connectivity index (χ1n) is 7.00. The predicted molar refractivity (Wildman–Crippen MR) is 86.0 cm³/mol. The van der Waals surface area contributed by atoms with Gasteiger partial charge in [0.1, 0.15) is 12.4 Å². The Morgan fingerprint density at radius 2 is 1.95 bits per heavy atom. The largest absolute Gasteiger partial charge is 0.487 e. The molecular weight excluding hydrogens is 302 g/mol. The molecule has 1 atom stereocenters. The van der Waals surface area contributed by atoms with Crippen molar-refractivity contribution in [3.63, 3.8) is 0 Å². The molecule has 4 nitrogen and oxygen atoms in total. The van der Waals surface area contributed by atoms with Gasteiger partial charge in [0.25, 0.3) is 0 Å². The normalized spacial score (nSPS) is 11.9. The summed E-state index contributed by atoms with van der Waals surface area (Å²) in [6.07, 6.45) is 0.404. The zero-order chi connectivity index (χ0) is 15.9. The summed E-state index contributed by atoms with van der Waals surface area (Å²) in [4.78, 5) is 10.6. The van der Waals surface area contributed by atoms with E-state index in [0.717, 1.165) is 11.1 Å². The summed E-state index contributed by atoms with van der Waals surface area (Å²) >= 11 is 6.21. The van der Waals surface area contributed by atoms with Gasteiger partial charge in [0.15, 0.2) is 0 Å². The molecule has 2 aromatic rings. The lowest BCUT2D eigenvalue weighted by Crippen LogP contribution is -2.12. The molecule has 0 bridgehead atoms. The third kappa shape index (κ3) is 4.76. The highest BCUT2D eigenvalue weighted by molar-refractivity contribution is 6.32. The van der Waals surface area contributed by atoms with E-state index in [2.05, 4.69) is 0 Å². The molecule has 0 saturated heterocycles. The Morgan fingerprint density at radius 3 is 2.59 bits per heavy atom. The first-order chi connectivity index (χ1) is 10.6. The summed E-state index contributed by atoms with van der Waals surface area (Å²) in [6.45, 7) is 0.435. The maximum Gasteiger partial charge on any atom is 0.303 e. The van der Waals surface area contributed by atoms with Crippen molar-refractivity contribution in [2.75, 3.05) is 0 Å². The topological polar surface area (TPSA) is 72.6 Å². The molecule has 3 N–H and O–H groups in total. The second kappa shape index (κ2) is 7.82. The van der Waals surface area contributed by atoms with Gasteiger partial charge in [0.2, 0.25) is 0 Å². The van der Waals surface area contributed by atoms with Crippen molar-refractivity contribution in [1.82, 2.24) is 0 Å². The number of hydrogen-bond acceptors (Lipinski definition) is 3. The van der Waals surface area contributed by atoms with Crippen LogP contribution >= 0.6 is 11.6 Å². The Hall–Kier alpha value is -2.04. The second-order valence-electron chi connectivity index (χ2n) is 5.00. The van der Waals surface area contributed by atoms with E-state index in [1.54, 1.807) is 12.1 Å². The molecule has 0 saturated carbocycles. The van der Waals surface area contributed by atoms with E-state index in [4.69, 9.17) is 27.2 Å². The number of halogens is 1. The van der Waals surface area contributed by atoms with Crippen molar-refractivity contribution < 1.29 is 14.6 Å². The number of carboxylic acid groups (broad SMARTS) is 1. The van der Waals surface area contributed by atoms with Crippen LogP contribution in [0.2, 0.25) is 5.02 Å². The van der Waals surface area contributed by atoms with Crippen LogP contribution in [0.4, 0.5) is 0 Å². The zero-order valence-electron chi connectivity index (χ0n) is 12.0. The van der Waals surface area contributed by atoms with Crippen molar-refractivity contribution in [3.8, 4) is 5.75 Å². The van der Waals surface area contributed by atoms with Crippen LogP contribution in [0, 0.1) is 0 Å². The molecule has 2 aromatic carbocycles. The number of carbonyl (C=O) groups is 1. The average molecular weight is 320 g/mol. The quantitative estimate of drug-likeness (QED) is 0.814. The SMILES string of the molecule is NC(CCC(=O)O)c1ccc(OCc2ccccc2)c(Cl)c1. The molecule has 0 fully saturated rings. The summed E-state index contributed by atoms with van der Waals surface area (Å²) in [5.41, 5.74) is 7.82. The minimum Gasteiger partial charge on any atom is -0.487 e. The number of aliphatic carboxylic acids is 1. The fourth-order valence-corrected chi connectivity index (χ4v) is 2.29. The lowest BCUT2D eigenvalue weighted by Gasteiger charge is -2.13. The van der Waals surface area contributed by atoms with Gasteiger partial charge in [-0.05, 0) is 29.7 Å². The number of carboxylic acids is 1. The van der Waals surface area contributed by atoms with Gasteiger partial charge < -0.3 is 15.6 Å². The Kier molecular flexibility index (Phi) is 5.81. The third-order valence-electron chi connectivity index (χ3n) is 3.29. The van der Waals surface area contributed by atoms with Gasteiger partial charge >= 0.3 is 5.97 Å². The number of ether oxygens (including phenoxy) is 1. The van der Waals surface area contributed by atoms with Crippen LogP contribution < -0.4 is 10.5 Å². The average Bonchev–Trinajstić information content (AvgIpc) is 2.52. The molecule has 5 heteroatoms. The monoisotopic (exact) mass is 319 g/mol. The van der Waals surface area contributed by atoms with E-state index >= 15 is 0 Å². The van der Waals surface area contributed by atoms with E-state index < -0.39 is 5.97 Å². The third-order valence-corrected chi connectivity index (χ3v) is 3.59. The van der Waals surface area contributed by atoms with Crippen LogP contribution in [-0.4, -0.2) is 11.1 Å². The molecule has 1 unspecified atom stereocenters. The van der Waals surface area contributed by atoms with Gasteiger partial charge in [-0.2, -0.15) is 0 Å². The summed E-state index contributed by atoms with van der Waals surface area (Å²) in [7, 11) is 0. The standard InChI is InChI=1S/C17H18ClNO3/c18-14-10-13(15(19)7-9-17(20)21)6-8-16(14)22-11-12-4-2-1-3-5-12/h1-6,8,10,15H,7,9,11,19H2,(H,20,21). The summed E-state index contributed by atoms with van der Waals surface area (Å²) < 4.78 is 5.69. The fraction of sp³-hybridized carbons (Fsp3) is 0.235. The molecule has 0 amide bonds. The predicted octanol–water partition coefficient (Wildman–Crippen LogP) is 3.78. The summed E-state index contributed by atoms with van der Waals surface area (Å²) in [5.74, 6) is -0.274. The van der Waals surface area contributed by atoms with Gasteiger partial charge in [-0.25, -0.2) is 0 Å². The highest BCUT2D eigenvalue weighted by Gasteiger charge is 2.11. The lowest BCUT2D eigenvalue weighted by molar-refractivity contribution is -0.137. The molecule has 116 valence electrons. The van der Waals surface area contributed by atoms with Crippen LogP contribution in [0.1, 0.15) is 30.0 Å². The molecule has 22 heavy (non-hydrogen) atoms. The molecule has 0 heterocycles. The van der Waals surface area contributed by atoms with Crippen LogP contribution in [-0.2, 0) is 11.4 Å². The van der Waals surface area contributed by atoms with Crippen LogP contribution in [0.3, 0.4) is 0 Å². The van der Waals surface area contributed by atoms with Crippen LogP contribution in [0.25, 0.3) is 0 Å². The number of rotatable bonds is 7.